The predicted molar refractivity (Wildman–Crippen MR) is 76.4 cm³/mol. The molecule has 0 radical (unpaired) electrons. The molecule has 0 amide bonds. The van der Waals surface area contributed by atoms with Crippen LogP contribution < -0.4 is 5.32 Å². The molecule has 1 atom stereocenters. The van der Waals surface area contributed by atoms with E-state index in [1.807, 2.05) is 24.2 Å². The molecule has 0 aliphatic carbocycles. The van der Waals surface area contributed by atoms with Gasteiger partial charge in [0.1, 0.15) is 0 Å². The minimum atomic E-state index is 0.466. The fraction of sp³-hybridized carbons (Fsp3) is 0.267. The molecular weight excluding hydrogens is 240 g/mol. The van der Waals surface area contributed by atoms with Crippen LogP contribution in [0, 0.1) is 0 Å². The molecule has 0 bridgehead atoms. The van der Waals surface area contributed by atoms with Gasteiger partial charge in [-0.3, -0.25) is 4.98 Å². The van der Waals surface area contributed by atoms with E-state index >= 15 is 0 Å². The molecule has 0 saturated carbocycles. The first-order valence-corrected chi connectivity index (χ1v) is 7.37. The average Bonchev–Trinajstić information content (AvgIpc) is 2.46. The third-order valence-electron chi connectivity index (χ3n) is 3.27. The van der Waals surface area contributed by atoms with Gasteiger partial charge in [0.2, 0.25) is 0 Å². The summed E-state index contributed by atoms with van der Waals surface area (Å²) < 4.78 is 0. The van der Waals surface area contributed by atoms with Gasteiger partial charge in [0.25, 0.3) is 0 Å². The second kappa shape index (κ2) is 5.55. The summed E-state index contributed by atoms with van der Waals surface area (Å²) in [5, 5.41) is 3.65. The van der Waals surface area contributed by atoms with Crippen molar-refractivity contribution in [3.63, 3.8) is 0 Å². The van der Waals surface area contributed by atoms with Crippen LogP contribution in [0.2, 0.25) is 0 Å². The molecule has 0 saturated heterocycles. The van der Waals surface area contributed by atoms with E-state index in [2.05, 4.69) is 46.7 Å². The number of pyridine rings is 1. The Bertz CT molecular complexity index is 513. The molecule has 0 fully saturated rings. The van der Waals surface area contributed by atoms with Gasteiger partial charge in [0.05, 0.1) is 0 Å². The zero-order chi connectivity index (χ0) is 12.2. The standard InChI is InChI=1S/C15H16N2S/c1-2-4-14-13(3-1)10-18-11-15(14)17-9-12-5-7-16-8-6-12/h1-8,15,17H,9-11H2. The Kier molecular flexibility index (Phi) is 3.62. The highest BCUT2D eigenvalue weighted by atomic mass is 32.2. The van der Waals surface area contributed by atoms with E-state index in [1.54, 1.807) is 0 Å². The molecular formula is C15H16N2S. The van der Waals surface area contributed by atoms with E-state index < -0.39 is 0 Å². The highest BCUT2D eigenvalue weighted by molar-refractivity contribution is 7.98. The largest absolute Gasteiger partial charge is 0.305 e. The van der Waals surface area contributed by atoms with Gasteiger partial charge in [0, 0.05) is 36.5 Å². The van der Waals surface area contributed by atoms with Crippen LogP contribution in [-0.4, -0.2) is 10.7 Å². The summed E-state index contributed by atoms with van der Waals surface area (Å²) in [4.78, 5) is 4.04. The van der Waals surface area contributed by atoms with Gasteiger partial charge in [-0.25, -0.2) is 0 Å². The van der Waals surface area contributed by atoms with Crippen LogP contribution in [0.15, 0.2) is 48.8 Å². The van der Waals surface area contributed by atoms with Crippen molar-refractivity contribution in [2.45, 2.75) is 18.3 Å². The first-order valence-electron chi connectivity index (χ1n) is 6.21. The first-order chi connectivity index (χ1) is 8.93. The molecule has 1 unspecified atom stereocenters. The summed E-state index contributed by atoms with van der Waals surface area (Å²) in [6.07, 6.45) is 3.70. The van der Waals surface area contributed by atoms with Crippen LogP contribution >= 0.6 is 11.8 Å². The van der Waals surface area contributed by atoms with Crippen LogP contribution in [0.1, 0.15) is 22.7 Å². The van der Waals surface area contributed by atoms with Gasteiger partial charge in [-0.1, -0.05) is 24.3 Å². The molecule has 2 nitrogen and oxygen atoms in total. The molecule has 1 N–H and O–H groups in total. The summed E-state index contributed by atoms with van der Waals surface area (Å²) >= 11 is 2.01. The Morgan fingerprint density at radius 2 is 2.00 bits per heavy atom. The molecule has 92 valence electrons. The number of hydrogen-bond acceptors (Lipinski definition) is 3. The zero-order valence-corrected chi connectivity index (χ0v) is 11.0. The quantitative estimate of drug-likeness (QED) is 0.913. The number of nitrogens with one attached hydrogen (secondary N) is 1. The fourth-order valence-electron chi connectivity index (χ4n) is 2.29. The number of hydrogen-bond donors (Lipinski definition) is 1. The lowest BCUT2D eigenvalue weighted by molar-refractivity contribution is 0.575. The molecule has 18 heavy (non-hydrogen) atoms. The number of rotatable bonds is 3. The summed E-state index contributed by atoms with van der Waals surface area (Å²) in [5.41, 5.74) is 4.23. The summed E-state index contributed by atoms with van der Waals surface area (Å²) in [5.74, 6) is 2.30. The molecule has 1 aliphatic rings. The van der Waals surface area contributed by atoms with E-state index in [0.29, 0.717) is 6.04 Å². The van der Waals surface area contributed by atoms with Crippen molar-refractivity contribution in [3.05, 3.63) is 65.5 Å². The second-order valence-electron chi connectivity index (χ2n) is 4.50. The number of aromatic nitrogens is 1. The molecule has 2 heterocycles. The predicted octanol–water partition coefficient (Wildman–Crippen LogP) is 3.16. The SMILES string of the molecule is c1ccc2c(c1)CSCC2NCc1ccncc1. The van der Waals surface area contributed by atoms with Crippen LogP contribution in [0.5, 0.6) is 0 Å². The van der Waals surface area contributed by atoms with Gasteiger partial charge in [-0.15, -0.1) is 0 Å². The van der Waals surface area contributed by atoms with E-state index in [4.69, 9.17) is 0 Å². The molecule has 1 aromatic carbocycles. The molecule has 3 rings (SSSR count). The normalized spacial score (nSPS) is 18.3. The first kappa shape index (κ1) is 11.8. The lowest BCUT2D eigenvalue weighted by atomic mass is 10.0. The lowest BCUT2D eigenvalue weighted by Gasteiger charge is -2.26. The topological polar surface area (TPSA) is 24.9 Å². The van der Waals surface area contributed by atoms with E-state index in [1.165, 1.54) is 16.7 Å². The Balaban J connectivity index is 1.71. The maximum atomic E-state index is 4.04. The van der Waals surface area contributed by atoms with E-state index in [9.17, 15) is 0 Å². The van der Waals surface area contributed by atoms with Gasteiger partial charge < -0.3 is 5.32 Å². The summed E-state index contributed by atoms with van der Waals surface area (Å²) in [6.45, 7) is 0.905. The van der Waals surface area contributed by atoms with Crippen LogP contribution in [0.25, 0.3) is 0 Å². The van der Waals surface area contributed by atoms with Crippen molar-refractivity contribution in [1.29, 1.82) is 0 Å². The van der Waals surface area contributed by atoms with Gasteiger partial charge in [-0.2, -0.15) is 11.8 Å². The second-order valence-corrected chi connectivity index (χ2v) is 5.53. The molecule has 1 aromatic heterocycles. The van der Waals surface area contributed by atoms with E-state index in [0.717, 1.165) is 18.1 Å². The Labute approximate surface area is 112 Å². The summed E-state index contributed by atoms with van der Waals surface area (Å²) in [7, 11) is 0. The van der Waals surface area contributed by atoms with Crippen molar-refractivity contribution in [2.24, 2.45) is 0 Å². The molecule has 0 spiro atoms. The number of benzene rings is 1. The Morgan fingerprint density at radius 1 is 1.17 bits per heavy atom. The van der Waals surface area contributed by atoms with Gasteiger partial charge in [0.15, 0.2) is 0 Å². The lowest BCUT2D eigenvalue weighted by Crippen LogP contribution is -2.26. The third-order valence-corrected chi connectivity index (χ3v) is 4.36. The maximum Gasteiger partial charge on any atom is 0.0417 e. The minimum Gasteiger partial charge on any atom is -0.305 e. The zero-order valence-electron chi connectivity index (χ0n) is 10.2. The van der Waals surface area contributed by atoms with Crippen molar-refractivity contribution >= 4 is 11.8 Å². The monoisotopic (exact) mass is 256 g/mol. The molecule has 1 aliphatic heterocycles. The van der Waals surface area contributed by atoms with Crippen molar-refractivity contribution in [3.8, 4) is 0 Å². The maximum absolute atomic E-state index is 4.04. The highest BCUT2D eigenvalue weighted by Crippen LogP contribution is 2.31. The summed E-state index contributed by atoms with van der Waals surface area (Å²) in [6, 6.07) is 13.3. The van der Waals surface area contributed by atoms with Crippen molar-refractivity contribution < 1.29 is 0 Å². The number of fused-ring (bicyclic) bond motifs is 1. The number of thioether (sulfide) groups is 1. The van der Waals surface area contributed by atoms with Crippen molar-refractivity contribution in [1.82, 2.24) is 10.3 Å². The molecule has 3 heteroatoms. The average molecular weight is 256 g/mol. The van der Waals surface area contributed by atoms with Crippen LogP contribution in [0.4, 0.5) is 0 Å². The van der Waals surface area contributed by atoms with Crippen LogP contribution in [-0.2, 0) is 12.3 Å². The van der Waals surface area contributed by atoms with Gasteiger partial charge >= 0.3 is 0 Å². The van der Waals surface area contributed by atoms with E-state index in [-0.39, 0.29) is 0 Å². The minimum absolute atomic E-state index is 0.466. The Morgan fingerprint density at radius 3 is 2.89 bits per heavy atom. The van der Waals surface area contributed by atoms with Crippen LogP contribution in [0.3, 0.4) is 0 Å². The Hall–Kier alpha value is -1.32. The third kappa shape index (κ3) is 2.57. The smallest absolute Gasteiger partial charge is 0.0417 e. The van der Waals surface area contributed by atoms with Crippen molar-refractivity contribution in [2.75, 3.05) is 5.75 Å². The molecule has 2 aromatic rings. The van der Waals surface area contributed by atoms with Gasteiger partial charge in [-0.05, 0) is 28.8 Å². The number of nitrogens with zero attached hydrogens (tertiary/aromatic N) is 1. The highest BCUT2D eigenvalue weighted by Gasteiger charge is 2.19. The fourth-order valence-corrected chi connectivity index (χ4v) is 3.43.